The molecule has 1 N–H and O–H groups in total. The summed E-state index contributed by atoms with van der Waals surface area (Å²) in [5.41, 5.74) is 0.166. The van der Waals surface area contributed by atoms with Gasteiger partial charge in [-0.3, -0.25) is 4.79 Å². The maximum absolute atomic E-state index is 14.1. The Morgan fingerprint density at radius 3 is 2.81 bits per heavy atom. The maximum Gasteiger partial charge on any atom is 0.282 e. The van der Waals surface area contributed by atoms with Gasteiger partial charge in [-0.05, 0) is 64.9 Å². The molecule has 2 aromatic rings. The topological polar surface area (TPSA) is 83.5 Å². The summed E-state index contributed by atoms with van der Waals surface area (Å²) in [4.78, 5) is 20.7. The number of hydrogen-bond acceptors (Lipinski definition) is 7. The summed E-state index contributed by atoms with van der Waals surface area (Å²) in [6, 6.07) is 3.12. The first-order chi connectivity index (χ1) is 15.6. The molecule has 0 bridgehead atoms. The normalized spacial score (nSPS) is 18.9. The minimum absolute atomic E-state index is 0.0666. The van der Waals surface area contributed by atoms with E-state index in [1.54, 1.807) is 13.8 Å². The summed E-state index contributed by atoms with van der Waals surface area (Å²) in [5, 5.41) is 11.3. The van der Waals surface area contributed by atoms with E-state index in [0.717, 1.165) is 50.0 Å². The van der Waals surface area contributed by atoms with E-state index in [2.05, 4.69) is 25.4 Å². The molecule has 2 fully saturated rings. The first-order valence-corrected chi connectivity index (χ1v) is 10.5. The first-order valence-electron chi connectivity index (χ1n) is 11.5. The van der Waals surface area contributed by atoms with Crippen molar-refractivity contribution in [3.05, 3.63) is 35.9 Å². The predicted octanol–water partition coefficient (Wildman–Crippen LogP) is 2.86. The number of piperidine rings is 1. The van der Waals surface area contributed by atoms with Crippen LogP contribution in [0.15, 0.2) is 24.5 Å². The molecule has 1 aromatic heterocycles. The number of nitrogens with zero attached hydrogens (tertiary/aromatic N) is 5. The molecule has 2 aliphatic heterocycles. The van der Waals surface area contributed by atoms with Crippen LogP contribution in [-0.4, -0.2) is 64.7 Å². The summed E-state index contributed by atoms with van der Waals surface area (Å²) >= 11 is 0. The number of benzene rings is 1. The van der Waals surface area contributed by atoms with Gasteiger partial charge in [0.2, 0.25) is 0 Å². The summed E-state index contributed by atoms with van der Waals surface area (Å²) in [6.45, 7) is 6.39. The van der Waals surface area contributed by atoms with Crippen LogP contribution in [0, 0.1) is 11.2 Å². The number of carbonyl (C=O) groups excluding carboxylic acids is 1. The largest absolute Gasteiger partial charge is 0.434 e. The highest BCUT2D eigenvalue weighted by atomic mass is 19.1. The van der Waals surface area contributed by atoms with Gasteiger partial charge in [-0.25, -0.2) is 9.37 Å². The zero-order valence-corrected chi connectivity index (χ0v) is 18.1. The molecule has 0 atom stereocenters. The number of rotatable bonds is 6. The average molecular weight is 431 g/mol. The van der Waals surface area contributed by atoms with Crippen molar-refractivity contribution in [2.45, 2.75) is 39.7 Å². The van der Waals surface area contributed by atoms with Gasteiger partial charge in [0.1, 0.15) is 17.9 Å². The van der Waals surface area contributed by atoms with E-state index in [9.17, 15) is 9.18 Å². The summed E-state index contributed by atoms with van der Waals surface area (Å²) in [6.07, 6.45) is 3.54. The van der Waals surface area contributed by atoms with E-state index in [0.29, 0.717) is 5.82 Å². The smallest absolute Gasteiger partial charge is 0.282 e. The third-order valence-electron chi connectivity index (χ3n) is 5.94. The Balaban J connectivity index is 1.62. The van der Waals surface area contributed by atoms with Crippen LogP contribution in [0.1, 0.15) is 46.7 Å². The summed E-state index contributed by atoms with van der Waals surface area (Å²) < 4.78 is 36.2. The van der Waals surface area contributed by atoms with Crippen LogP contribution in [0.2, 0.25) is 0 Å². The highest BCUT2D eigenvalue weighted by molar-refractivity contribution is 5.97. The molecule has 31 heavy (non-hydrogen) atoms. The Bertz CT molecular complexity index is 1020. The third kappa shape index (κ3) is 4.32. The van der Waals surface area contributed by atoms with Crippen molar-refractivity contribution >= 4 is 11.7 Å². The molecule has 9 heteroatoms. The number of hydrogen-bond donors (Lipinski definition) is 1. The number of halogens is 1. The van der Waals surface area contributed by atoms with Gasteiger partial charge in [-0.2, -0.15) is 0 Å². The van der Waals surface area contributed by atoms with E-state index in [4.69, 9.17) is 7.48 Å². The second-order valence-electron chi connectivity index (χ2n) is 8.43. The first kappa shape index (κ1) is 18.9. The van der Waals surface area contributed by atoms with Gasteiger partial charge in [0, 0.05) is 33.8 Å². The van der Waals surface area contributed by atoms with Crippen molar-refractivity contribution < 1.29 is 16.7 Å². The Hall–Kier alpha value is -2.81. The minimum Gasteiger partial charge on any atom is -0.434 e. The fraction of sp³-hybridized carbons (Fsp3) is 0.545. The number of nitrogens with one attached hydrogen (secondary N) is 1. The Labute approximate surface area is 184 Å². The van der Waals surface area contributed by atoms with E-state index < -0.39 is 24.3 Å². The number of aromatic nitrogens is 3. The Morgan fingerprint density at radius 1 is 1.39 bits per heavy atom. The molecule has 0 unspecified atom stereocenters. The molecule has 2 saturated heterocycles. The van der Waals surface area contributed by atoms with E-state index >= 15 is 0 Å². The van der Waals surface area contributed by atoms with E-state index in [1.807, 2.05) is 0 Å². The summed E-state index contributed by atoms with van der Waals surface area (Å²) in [5.74, 6) is -0.597. The molecule has 1 aromatic carbocycles. The lowest BCUT2D eigenvalue weighted by Gasteiger charge is -2.52. The zero-order chi connectivity index (χ0) is 23.8. The summed E-state index contributed by atoms with van der Waals surface area (Å²) in [7, 11) is 0. The van der Waals surface area contributed by atoms with Crippen molar-refractivity contribution in [3.63, 3.8) is 0 Å². The molecule has 166 valence electrons. The van der Waals surface area contributed by atoms with Crippen LogP contribution in [0.3, 0.4) is 0 Å². The van der Waals surface area contributed by atoms with Crippen LogP contribution in [0.5, 0.6) is 11.6 Å². The standard InChI is InChI=1S/C22H29FN6O2/c1-4-29(15(2)3)21(30)17-11-16(23)5-6-18(17)31-20-19(25-14-26-27-20)28-12-22(13-28)7-9-24-10-8-22/h5-6,11,14-15,24H,4,7-10,12-13H2,1-3H3/i4D2. The quantitative estimate of drug-likeness (QED) is 0.754. The Kier molecular flexibility index (Phi) is 5.33. The monoisotopic (exact) mass is 430 g/mol. The van der Waals surface area contributed by atoms with Crippen molar-refractivity contribution in [3.8, 4) is 11.6 Å². The van der Waals surface area contributed by atoms with Crippen molar-refractivity contribution in [2.75, 3.05) is 37.6 Å². The molecular weight excluding hydrogens is 399 g/mol. The van der Waals surface area contributed by atoms with Gasteiger partial charge in [0.05, 0.1) is 5.56 Å². The molecule has 0 radical (unpaired) electrons. The molecule has 1 spiro atoms. The fourth-order valence-electron chi connectivity index (χ4n) is 4.31. The molecule has 4 rings (SSSR count). The highest BCUT2D eigenvalue weighted by Crippen LogP contribution is 2.43. The van der Waals surface area contributed by atoms with Crippen LogP contribution in [0.4, 0.5) is 10.2 Å². The van der Waals surface area contributed by atoms with Crippen molar-refractivity contribution in [2.24, 2.45) is 5.41 Å². The lowest BCUT2D eigenvalue weighted by atomic mass is 9.72. The van der Waals surface area contributed by atoms with Crippen LogP contribution >= 0.6 is 0 Å². The average Bonchev–Trinajstić information content (AvgIpc) is 2.73. The van der Waals surface area contributed by atoms with Gasteiger partial charge in [-0.15, -0.1) is 10.2 Å². The highest BCUT2D eigenvalue weighted by Gasteiger charge is 2.45. The van der Waals surface area contributed by atoms with Gasteiger partial charge < -0.3 is 19.9 Å². The molecule has 0 saturated carbocycles. The number of amides is 1. The SMILES string of the molecule is [2H]C([2H])(C)N(C(=O)c1cc(F)ccc1Oc1nncnc1N1CC2(CCNCC2)C1)C(C)C. The lowest BCUT2D eigenvalue weighted by Crippen LogP contribution is -2.60. The van der Waals surface area contributed by atoms with E-state index in [1.165, 1.54) is 25.4 Å². The van der Waals surface area contributed by atoms with Crippen LogP contribution in [0.25, 0.3) is 0 Å². The maximum atomic E-state index is 14.1. The zero-order valence-electron chi connectivity index (χ0n) is 20.1. The van der Waals surface area contributed by atoms with Crippen molar-refractivity contribution in [1.29, 1.82) is 0 Å². The third-order valence-corrected chi connectivity index (χ3v) is 5.94. The second-order valence-corrected chi connectivity index (χ2v) is 8.43. The fourth-order valence-corrected chi connectivity index (χ4v) is 4.31. The van der Waals surface area contributed by atoms with E-state index in [-0.39, 0.29) is 22.6 Å². The number of ether oxygens (including phenoxy) is 1. The lowest BCUT2D eigenvalue weighted by molar-refractivity contribution is 0.0713. The second kappa shape index (κ2) is 8.74. The van der Waals surface area contributed by atoms with Gasteiger partial charge in [-0.1, -0.05) is 0 Å². The van der Waals surface area contributed by atoms with Gasteiger partial charge in [0.15, 0.2) is 5.82 Å². The Morgan fingerprint density at radius 2 is 2.13 bits per heavy atom. The molecule has 3 heterocycles. The molecule has 8 nitrogen and oxygen atoms in total. The number of carbonyl (C=O) groups is 1. The molecule has 1 amide bonds. The van der Waals surface area contributed by atoms with Gasteiger partial charge >= 0.3 is 0 Å². The number of anilines is 1. The van der Waals surface area contributed by atoms with Crippen LogP contribution in [-0.2, 0) is 0 Å². The molecular formula is C22H29FN6O2. The predicted molar refractivity (Wildman–Crippen MR) is 115 cm³/mol. The van der Waals surface area contributed by atoms with Crippen molar-refractivity contribution in [1.82, 2.24) is 25.4 Å². The van der Waals surface area contributed by atoms with Gasteiger partial charge in [0.25, 0.3) is 11.8 Å². The minimum atomic E-state index is -1.95. The van der Waals surface area contributed by atoms with Crippen LogP contribution < -0.4 is 15.0 Å². The molecule has 0 aliphatic carbocycles. The molecule has 2 aliphatic rings.